The van der Waals surface area contributed by atoms with Crippen molar-refractivity contribution >= 4 is 0 Å². The van der Waals surface area contributed by atoms with Crippen LogP contribution in [0.15, 0.2) is 24.3 Å². The van der Waals surface area contributed by atoms with Crippen LogP contribution < -0.4 is 5.32 Å². The molecule has 0 radical (unpaired) electrons. The summed E-state index contributed by atoms with van der Waals surface area (Å²) < 4.78 is 0. The zero-order chi connectivity index (χ0) is 14.2. The van der Waals surface area contributed by atoms with Crippen LogP contribution in [0.25, 0.3) is 0 Å². The number of rotatable bonds is 7. The molecule has 1 N–H and O–H groups in total. The Morgan fingerprint density at radius 1 is 1.10 bits per heavy atom. The molecule has 112 valence electrons. The van der Waals surface area contributed by atoms with Gasteiger partial charge in [0.2, 0.25) is 0 Å². The maximum atomic E-state index is 3.81. The van der Waals surface area contributed by atoms with Crippen molar-refractivity contribution < 1.29 is 0 Å². The van der Waals surface area contributed by atoms with Crippen molar-refractivity contribution in [2.24, 2.45) is 5.92 Å². The summed E-state index contributed by atoms with van der Waals surface area (Å²) in [6.45, 7) is 5.67. The van der Waals surface area contributed by atoms with Crippen LogP contribution in [-0.4, -0.2) is 6.54 Å². The van der Waals surface area contributed by atoms with Gasteiger partial charge in [-0.05, 0) is 42.9 Å². The molecule has 0 bridgehead atoms. The summed E-state index contributed by atoms with van der Waals surface area (Å²) in [4.78, 5) is 0. The first-order chi connectivity index (χ1) is 9.85. The summed E-state index contributed by atoms with van der Waals surface area (Å²) >= 11 is 0. The highest BCUT2D eigenvalue weighted by Gasteiger charge is 2.21. The van der Waals surface area contributed by atoms with E-state index in [1.165, 1.54) is 50.5 Å². The fourth-order valence-electron chi connectivity index (χ4n) is 3.59. The third-order valence-electron chi connectivity index (χ3n) is 4.75. The molecule has 0 spiro atoms. The maximum absolute atomic E-state index is 3.81. The van der Waals surface area contributed by atoms with Crippen LogP contribution >= 0.6 is 0 Å². The monoisotopic (exact) mass is 273 g/mol. The van der Waals surface area contributed by atoms with E-state index in [9.17, 15) is 0 Å². The zero-order valence-corrected chi connectivity index (χ0v) is 13.3. The molecule has 1 unspecified atom stereocenters. The highest BCUT2D eigenvalue weighted by molar-refractivity contribution is 5.30. The molecular weight excluding hydrogens is 242 g/mol. The molecule has 1 aromatic carbocycles. The minimum Gasteiger partial charge on any atom is -0.310 e. The van der Waals surface area contributed by atoms with E-state index in [4.69, 9.17) is 0 Å². The van der Waals surface area contributed by atoms with Crippen LogP contribution in [0.2, 0.25) is 0 Å². The Morgan fingerprint density at radius 2 is 1.85 bits per heavy atom. The SMILES string of the molecule is CCCNC(CC1CCCCC1)c1ccccc1CC. The van der Waals surface area contributed by atoms with Crippen molar-refractivity contribution in [3.63, 3.8) is 0 Å². The molecule has 0 amide bonds. The van der Waals surface area contributed by atoms with Gasteiger partial charge < -0.3 is 5.32 Å². The van der Waals surface area contributed by atoms with Crippen LogP contribution in [0.5, 0.6) is 0 Å². The average Bonchev–Trinajstić information content (AvgIpc) is 2.52. The number of nitrogens with one attached hydrogen (secondary N) is 1. The summed E-state index contributed by atoms with van der Waals surface area (Å²) in [6.07, 6.45) is 10.9. The lowest BCUT2D eigenvalue weighted by molar-refractivity contribution is 0.299. The minimum atomic E-state index is 0.564. The molecule has 1 atom stereocenters. The van der Waals surface area contributed by atoms with Gasteiger partial charge in [-0.15, -0.1) is 0 Å². The van der Waals surface area contributed by atoms with Crippen molar-refractivity contribution in [2.75, 3.05) is 6.54 Å². The van der Waals surface area contributed by atoms with Gasteiger partial charge in [0.25, 0.3) is 0 Å². The predicted molar refractivity (Wildman–Crippen MR) is 88.0 cm³/mol. The quantitative estimate of drug-likeness (QED) is 0.714. The predicted octanol–water partition coefficient (Wildman–Crippen LogP) is 5.26. The van der Waals surface area contributed by atoms with Crippen molar-refractivity contribution in [2.45, 2.75) is 71.3 Å². The Hall–Kier alpha value is -0.820. The molecular formula is C19H31N. The largest absolute Gasteiger partial charge is 0.310 e. The summed E-state index contributed by atoms with van der Waals surface area (Å²) in [5.41, 5.74) is 3.07. The van der Waals surface area contributed by atoms with E-state index in [1.54, 1.807) is 5.56 Å². The normalized spacial score (nSPS) is 18.1. The van der Waals surface area contributed by atoms with Gasteiger partial charge in [-0.25, -0.2) is 0 Å². The van der Waals surface area contributed by atoms with E-state index >= 15 is 0 Å². The van der Waals surface area contributed by atoms with Crippen molar-refractivity contribution in [3.05, 3.63) is 35.4 Å². The highest BCUT2D eigenvalue weighted by atomic mass is 14.9. The number of benzene rings is 1. The summed E-state index contributed by atoms with van der Waals surface area (Å²) in [6, 6.07) is 9.59. The third-order valence-corrected chi connectivity index (χ3v) is 4.75. The van der Waals surface area contributed by atoms with Crippen LogP contribution in [0.3, 0.4) is 0 Å². The van der Waals surface area contributed by atoms with Crippen molar-refractivity contribution in [1.82, 2.24) is 5.32 Å². The number of hydrogen-bond donors (Lipinski definition) is 1. The lowest BCUT2D eigenvalue weighted by Crippen LogP contribution is -2.26. The first-order valence-corrected chi connectivity index (χ1v) is 8.66. The fourth-order valence-corrected chi connectivity index (χ4v) is 3.59. The van der Waals surface area contributed by atoms with Crippen molar-refractivity contribution in [3.8, 4) is 0 Å². The van der Waals surface area contributed by atoms with Crippen LogP contribution in [-0.2, 0) is 6.42 Å². The smallest absolute Gasteiger partial charge is 0.0325 e. The van der Waals surface area contributed by atoms with Crippen LogP contribution in [0, 0.1) is 5.92 Å². The second-order valence-electron chi connectivity index (χ2n) is 6.30. The molecule has 1 heteroatoms. The molecule has 0 aromatic heterocycles. The van der Waals surface area contributed by atoms with E-state index in [0.29, 0.717) is 6.04 Å². The second kappa shape index (κ2) is 8.46. The summed E-state index contributed by atoms with van der Waals surface area (Å²) in [5.74, 6) is 0.933. The van der Waals surface area contributed by atoms with Gasteiger partial charge in [-0.3, -0.25) is 0 Å². The topological polar surface area (TPSA) is 12.0 Å². The van der Waals surface area contributed by atoms with E-state index in [1.807, 2.05) is 0 Å². The van der Waals surface area contributed by atoms with E-state index in [2.05, 4.69) is 43.4 Å². The molecule has 0 heterocycles. The minimum absolute atomic E-state index is 0.564. The Labute approximate surface area is 125 Å². The second-order valence-corrected chi connectivity index (χ2v) is 6.30. The molecule has 1 aromatic rings. The van der Waals surface area contributed by atoms with Gasteiger partial charge >= 0.3 is 0 Å². The van der Waals surface area contributed by atoms with Gasteiger partial charge in [0, 0.05) is 6.04 Å². The molecule has 2 rings (SSSR count). The van der Waals surface area contributed by atoms with Crippen LogP contribution in [0.1, 0.15) is 76.0 Å². The first-order valence-electron chi connectivity index (χ1n) is 8.66. The lowest BCUT2D eigenvalue weighted by Gasteiger charge is -2.28. The molecule has 0 saturated heterocycles. The van der Waals surface area contributed by atoms with E-state index in [0.717, 1.165) is 18.9 Å². The molecule has 1 nitrogen and oxygen atoms in total. The van der Waals surface area contributed by atoms with Gasteiger partial charge in [0.15, 0.2) is 0 Å². The fraction of sp³-hybridized carbons (Fsp3) is 0.684. The maximum Gasteiger partial charge on any atom is 0.0325 e. The van der Waals surface area contributed by atoms with Gasteiger partial charge in [-0.1, -0.05) is 70.2 Å². The van der Waals surface area contributed by atoms with Gasteiger partial charge in [0.1, 0.15) is 0 Å². The number of hydrogen-bond acceptors (Lipinski definition) is 1. The van der Waals surface area contributed by atoms with Crippen LogP contribution in [0.4, 0.5) is 0 Å². The summed E-state index contributed by atoms with van der Waals surface area (Å²) in [7, 11) is 0. The Morgan fingerprint density at radius 3 is 2.55 bits per heavy atom. The Kier molecular flexibility index (Phi) is 6.59. The third kappa shape index (κ3) is 4.34. The molecule has 1 aliphatic carbocycles. The van der Waals surface area contributed by atoms with E-state index in [-0.39, 0.29) is 0 Å². The summed E-state index contributed by atoms with van der Waals surface area (Å²) in [5, 5.41) is 3.81. The average molecular weight is 273 g/mol. The molecule has 1 saturated carbocycles. The Balaban J connectivity index is 2.08. The van der Waals surface area contributed by atoms with Gasteiger partial charge in [0.05, 0.1) is 0 Å². The zero-order valence-electron chi connectivity index (χ0n) is 13.3. The molecule has 0 aliphatic heterocycles. The van der Waals surface area contributed by atoms with Gasteiger partial charge in [-0.2, -0.15) is 0 Å². The standard InChI is InChI=1S/C19H31N/c1-3-14-20-19(15-16-10-6-5-7-11-16)18-13-9-8-12-17(18)4-2/h8-9,12-13,16,19-20H,3-7,10-11,14-15H2,1-2H3. The molecule has 1 fully saturated rings. The molecule has 20 heavy (non-hydrogen) atoms. The molecule has 1 aliphatic rings. The lowest BCUT2D eigenvalue weighted by atomic mass is 9.82. The highest BCUT2D eigenvalue weighted by Crippen LogP contribution is 2.33. The number of aryl methyl sites for hydroxylation is 1. The first kappa shape index (κ1) is 15.6. The van der Waals surface area contributed by atoms with Crippen molar-refractivity contribution in [1.29, 1.82) is 0 Å². The van der Waals surface area contributed by atoms with E-state index < -0.39 is 0 Å². The Bertz CT molecular complexity index is 379.